The summed E-state index contributed by atoms with van der Waals surface area (Å²) in [6, 6.07) is 15.1. The number of hydrogen-bond donors (Lipinski definition) is 2. The molecule has 2 N–H and O–H groups in total. The number of benzene rings is 3. The zero-order valence-electron chi connectivity index (χ0n) is 23.5. The second-order valence-electron chi connectivity index (χ2n) is 10.5. The highest BCUT2D eigenvalue weighted by molar-refractivity contribution is 6.32. The van der Waals surface area contributed by atoms with E-state index >= 15 is 0 Å². The number of aryl methyl sites for hydroxylation is 1. The van der Waals surface area contributed by atoms with Crippen LogP contribution in [0.25, 0.3) is 11.4 Å². The zero-order valence-corrected chi connectivity index (χ0v) is 25.0. The number of anilines is 2. The van der Waals surface area contributed by atoms with Gasteiger partial charge in [-0.3, -0.25) is 19.3 Å². The minimum atomic E-state index is -1.62. The van der Waals surface area contributed by atoms with Crippen LogP contribution in [0.15, 0.2) is 54.6 Å². The summed E-state index contributed by atoms with van der Waals surface area (Å²) in [6.45, 7) is 5.75. The topological polar surface area (TPSA) is 106 Å². The number of nitrogens with one attached hydrogen (secondary N) is 2. The molecule has 0 radical (unpaired) electrons. The lowest BCUT2D eigenvalue weighted by Gasteiger charge is -2.36. The van der Waals surface area contributed by atoms with Crippen LogP contribution in [0.4, 0.5) is 11.4 Å². The van der Waals surface area contributed by atoms with Crippen molar-refractivity contribution in [3.63, 3.8) is 0 Å². The number of amides is 3. The maximum Gasteiger partial charge on any atom is 0.280 e. The molecule has 3 aromatic carbocycles. The van der Waals surface area contributed by atoms with E-state index in [2.05, 4.69) is 10.6 Å². The lowest BCUT2D eigenvalue weighted by atomic mass is 9.86. The molecule has 1 aromatic heterocycles. The normalized spacial score (nSPS) is 17.1. The highest BCUT2D eigenvalue weighted by Crippen LogP contribution is 2.55. The van der Waals surface area contributed by atoms with E-state index in [1.807, 2.05) is 31.4 Å². The molecule has 2 aliphatic rings. The van der Waals surface area contributed by atoms with Crippen LogP contribution in [0, 0.1) is 6.92 Å². The molecule has 0 saturated carbocycles. The Balaban J connectivity index is 1.73. The fourth-order valence-corrected chi connectivity index (χ4v) is 6.33. The molecule has 0 aliphatic carbocycles. The standard InChI is InChI=1S/C31H27Cl2N5O4/c1-15(2)37-26-25(36-27(37)20-12-17(28(39)34-4)7-11-24(20)42-5)29(40)38(23-14-19(33)8-6-16(23)3)31(26)21-10-9-18(32)13-22(21)35-30(31)41/h6-15H,1-5H3,(H,34,39)(H,35,41)/t31-/m1/s1. The molecule has 2 aliphatic heterocycles. The summed E-state index contributed by atoms with van der Waals surface area (Å²) < 4.78 is 7.55. The van der Waals surface area contributed by atoms with Crippen molar-refractivity contribution in [3.05, 3.63) is 92.7 Å². The summed E-state index contributed by atoms with van der Waals surface area (Å²) in [7, 11) is 3.07. The minimum absolute atomic E-state index is 0.114. The number of halogens is 2. The van der Waals surface area contributed by atoms with Gasteiger partial charge >= 0.3 is 0 Å². The van der Waals surface area contributed by atoms with E-state index in [4.69, 9.17) is 32.9 Å². The van der Waals surface area contributed by atoms with E-state index in [0.29, 0.717) is 55.4 Å². The van der Waals surface area contributed by atoms with E-state index in [1.165, 1.54) is 12.0 Å². The maximum atomic E-state index is 14.5. The van der Waals surface area contributed by atoms with Crippen molar-refractivity contribution in [1.29, 1.82) is 0 Å². The van der Waals surface area contributed by atoms with E-state index < -0.39 is 17.4 Å². The largest absolute Gasteiger partial charge is 0.496 e. The van der Waals surface area contributed by atoms with E-state index in [-0.39, 0.29) is 17.6 Å². The second kappa shape index (κ2) is 9.89. The van der Waals surface area contributed by atoms with Crippen LogP contribution in [0.1, 0.15) is 57.6 Å². The van der Waals surface area contributed by atoms with Gasteiger partial charge in [0.25, 0.3) is 17.7 Å². The van der Waals surface area contributed by atoms with Crippen LogP contribution in [-0.4, -0.2) is 41.4 Å². The number of carbonyl (C=O) groups excluding carboxylic acids is 3. The monoisotopic (exact) mass is 603 g/mol. The van der Waals surface area contributed by atoms with E-state index in [9.17, 15) is 14.4 Å². The zero-order chi connectivity index (χ0) is 30.1. The number of ether oxygens (including phenoxy) is 1. The number of aromatic nitrogens is 2. The summed E-state index contributed by atoms with van der Waals surface area (Å²) in [5.41, 5.74) is 2.09. The molecular formula is C31H27Cl2N5O4. The third kappa shape index (κ3) is 3.77. The molecule has 6 rings (SSSR count). The van der Waals surface area contributed by atoms with E-state index in [0.717, 1.165) is 5.56 Å². The van der Waals surface area contributed by atoms with Crippen molar-refractivity contribution in [1.82, 2.24) is 14.9 Å². The molecule has 11 heteroatoms. The molecule has 1 spiro atoms. The molecule has 1 atom stereocenters. The number of rotatable bonds is 5. The average Bonchev–Trinajstić information content (AvgIpc) is 3.57. The number of methoxy groups -OCH3 is 1. The quantitative estimate of drug-likeness (QED) is 0.292. The van der Waals surface area contributed by atoms with Crippen molar-refractivity contribution in [2.24, 2.45) is 0 Å². The first-order valence-corrected chi connectivity index (χ1v) is 14.1. The molecule has 9 nitrogen and oxygen atoms in total. The van der Waals surface area contributed by atoms with Gasteiger partial charge in [-0.1, -0.05) is 35.3 Å². The Hall–Kier alpha value is -4.34. The van der Waals surface area contributed by atoms with Gasteiger partial charge in [-0.25, -0.2) is 4.98 Å². The summed E-state index contributed by atoms with van der Waals surface area (Å²) in [6.07, 6.45) is 0. The Kier molecular flexibility index (Phi) is 6.55. The summed E-state index contributed by atoms with van der Waals surface area (Å²) in [5, 5.41) is 6.46. The first kappa shape index (κ1) is 27.8. The lowest BCUT2D eigenvalue weighted by molar-refractivity contribution is -0.119. The third-order valence-electron chi connectivity index (χ3n) is 7.80. The van der Waals surface area contributed by atoms with Crippen molar-refractivity contribution in [2.75, 3.05) is 24.4 Å². The number of carbonyl (C=O) groups is 3. The smallest absolute Gasteiger partial charge is 0.280 e. The minimum Gasteiger partial charge on any atom is -0.496 e. The number of imidazole rings is 1. The Labute approximate surface area is 252 Å². The fourth-order valence-electron chi connectivity index (χ4n) is 5.99. The van der Waals surface area contributed by atoms with Crippen LogP contribution < -0.4 is 20.3 Å². The molecule has 0 unspecified atom stereocenters. The molecule has 42 heavy (non-hydrogen) atoms. The van der Waals surface area contributed by atoms with Gasteiger partial charge in [0, 0.05) is 39.9 Å². The van der Waals surface area contributed by atoms with Gasteiger partial charge in [-0.2, -0.15) is 0 Å². The second-order valence-corrected chi connectivity index (χ2v) is 11.4. The van der Waals surface area contributed by atoms with Crippen LogP contribution in [-0.2, 0) is 10.3 Å². The SMILES string of the molecule is CNC(=O)c1ccc(OC)c(-c2nc3c(n2C(C)C)[C@]2(C(=O)Nc4cc(Cl)ccc42)N(c2cc(Cl)ccc2C)C3=O)c1. The average molecular weight is 604 g/mol. The lowest BCUT2D eigenvalue weighted by Crippen LogP contribution is -2.51. The van der Waals surface area contributed by atoms with Crippen LogP contribution in [0.2, 0.25) is 10.0 Å². The number of hydrogen-bond acceptors (Lipinski definition) is 5. The molecule has 4 aromatic rings. The highest BCUT2D eigenvalue weighted by atomic mass is 35.5. The highest BCUT2D eigenvalue weighted by Gasteiger charge is 2.64. The van der Waals surface area contributed by atoms with Crippen molar-refractivity contribution < 1.29 is 19.1 Å². The van der Waals surface area contributed by atoms with Gasteiger partial charge in [0.05, 0.1) is 24.1 Å². The maximum absolute atomic E-state index is 14.5. The van der Waals surface area contributed by atoms with Gasteiger partial charge in [-0.15, -0.1) is 0 Å². The summed E-state index contributed by atoms with van der Waals surface area (Å²) in [5.74, 6) is -0.324. The van der Waals surface area contributed by atoms with Gasteiger partial charge in [0.15, 0.2) is 11.2 Å². The van der Waals surface area contributed by atoms with Gasteiger partial charge < -0.3 is 19.9 Å². The fraction of sp³-hybridized carbons (Fsp3) is 0.226. The van der Waals surface area contributed by atoms with Gasteiger partial charge in [-0.05, 0) is 68.8 Å². The predicted octanol–water partition coefficient (Wildman–Crippen LogP) is 5.97. The first-order valence-electron chi connectivity index (χ1n) is 13.3. The van der Waals surface area contributed by atoms with Crippen LogP contribution >= 0.6 is 23.2 Å². The van der Waals surface area contributed by atoms with Crippen LogP contribution in [0.3, 0.4) is 0 Å². The molecule has 3 heterocycles. The Morgan fingerprint density at radius 2 is 1.76 bits per heavy atom. The number of fused-ring (bicyclic) bond motifs is 4. The van der Waals surface area contributed by atoms with Crippen molar-refractivity contribution in [2.45, 2.75) is 32.4 Å². The molecular weight excluding hydrogens is 577 g/mol. The molecule has 214 valence electrons. The van der Waals surface area contributed by atoms with Crippen molar-refractivity contribution in [3.8, 4) is 17.1 Å². The Bertz CT molecular complexity index is 1830. The molecule has 3 amide bonds. The van der Waals surface area contributed by atoms with Gasteiger partial charge in [0.1, 0.15) is 11.6 Å². The Morgan fingerprint density at radius 3 is 2.45 bits per heavy atom. The summed E-state index contributed by atoms with van der Waals surface area (Å²) in [4.78, 5) is 47.9. The third-order valence-corrected chi connectivity index (χ3v) is 8.27. The van der Waals surface area contributed by atoms with Gasteiger partial charge in [0.2, 0.25) is 0 Å². The molecule has 0 saturated heterocycles. The van der Waals surface area contributed by atoms with Crippen LogP contribution in [0.5, 0.6) is 5.75 Å². The molecule has 0 fully saturated rings. The first-order chi connectivity index (χ1) is 20.0. The van der Waals surface area contributed by atoms with Crippen molar-refractivity contribution >= 4 is 52.3 Å². The Morgan fingerprint density at radius 1 is 1.05 bits per heavy atom. The summed E-state index contributed by atoms with van der Waals surface area (Å²) >= 11 is 12.8. The number of nitrogens with zero attached hydrogens (tertiary/aromatic N) is 3. The predicted molar refractivity (Wildman–Crippen MR) is 162 cm³/mol. The van der Waals surface area contributed by atoms with E-state index in [1.54, 1.807) is 55.6 Å². The molecule has 0 bridgehead atoms.